The Bertz CT molecular complexity index is 611. The van der Waals surface area contributed by atoms with Gasteiger partial charge in [0.15, 0.2) is 0 Å². The number of methoxy groups -OCH3 is 2. The van der Waals surface area contributed by atoms with Crippen LogP contribution in [0.1, 0.15) is 10.4 Å². The van der Waals surface area contributed by atoms with Crippen molar-refractivity contribution < 1.29 is 29.0 Å². The van der Waals surface area contributed by atoms with Gasteiger partial charge in [0, 0.05) is 5.02 Å². The third-order valence-electron chi connectivity index (χ3n) is 2.35. The summed E-state index contributed by atoms with van der Waals surface area (Å²) in [6.07, 6.45) is 0.853. The molecule has 0 aromatic heterocycles. The molecule has 0 radical (unpaired) electrons. The smallest absolute Gasteiger partial charge is 0.354 e. The second kappa shape index (κ2) is 7.30. The summed E-state index contributed by atoms with van der Waals surface area (Å²) in [7, 11) is 2.26. The Balaban J connectivity index is 3.21. The topological polar surface area (TPSA) is 102 Å². The molecule has 0 unspecified atom stereocenters. The van der Waals surface area contributed by atoms with Crippen LogP contribution in [0.15, 0.2) is 30.0 Å². The predicted octanol–water partition coefficient (Wildman–Crippen LogP) is 1.68. The van der Waals surface area contributed by atoms with Crippen molar-refractivity contribution >= 4 is 35.2 Å². The zero-order valence-electron chi connectivity index (χ0n) is 11.2. The molecule has 0 saturated carbocycles. The molecule has 1 aromatic carbocycles. The fourth-order valence-corrected chi connectivity index (χ4v) is 1.55. The molecule has 0 spiro atoms. The number of ether oxygens (including phenoxy) is 2. The van der Waals surface area contributed by atoms with E-state index in [4.69, 9.17) is 16.7 Å². The van der Waals surface area contributed by atoms with Gasteiger partial charge in [-0.2, -0.15) is 0 Å². The van der Waals surface area contributed by atoms with E-state index in [1.54, 1.807) is 0 Å². The van der Waals surface area contributed by atoms with Gasteiger partial charge >= 0.3 is 17.9 Å². The number of aromatic carboxylic acids is 1. The molecule has 21 heavy (non-hydrogen) atoms. The third kappa shape index (κ3) is 4.50. The molecule has 0 amide bonds. The average Bonchev–Trinajstić information content (AvgIpc) is 2.46. The first kappa shape index (κ1) is 16.5. The molecule has 2 N–H and O–H groups in total. The first-order valence-electron chi connectivity index (χ1n) is 5.57. The van der Waals surface area contributed by atoms with Crippen LogP contribution in [-0.2, 0) is 19.1 Å². The van der Waals surface area contributed by atoms with Gasteiger partial charge in [-0.05, 0) is 18.2 Å². The van der Waals surface area contributed by atoms with Crippen LogP contribution in [0.3, 0.4) is 0 Å². The van der Waals surface area contributed by atoms with E-state index < -0.39 is 17.9 Å². The van der Waals surface area contributed by atoms with E-state index >= 15 is 0 Å². The van der Waals surface area contributed by atoms with Crippen molar-refractivity contribution in [1.82, 2.24) is 0 Å². The number of benzene rings is 1. The Morgan fingerprint density at radius 2 is 1.90 bits per heavy atom. The third-order valence-corrected chi connectivity index (χ3v) is 2.59. The second-order valence-corrected chi connectivity index (χ2v) is 4.13. The molecule has 1 rings (SSSR count). The van der Waals surface area contributed by atoms with Crippen LogP contribution in [-0.4, -0.2) is 37.2 Å². The summed E-state index contributed by atoms with van der Waals surface area (Å²) in [6, 6.07) is 4.00. The number of halogens is 1. The summed E-state index contributed by atoms with van der Waals surface area (Å²) in [4.78, 5) is 34.0. The van der Waals surface area contributed by atoms with Crippen LogP contribution in [0, 0.1) is 0 Å². The van der Waals surface area contributed by atoms with E-state index in [0.29, 0.717) is 0 Å². The molecule has 0 fully saturated rings. The van der Waals surface area contributed by atoms with E-state index in [-0.39, 0.29) is 22.0 Å². The molecule has 0 aliphatic carbocycles. The number of esters is 2. The Kier molecular flexibility index (Phi) is 5.74. The summed E-state index contributed by atoms with van der Waals surface area (Å²) in [5.41, 5.74) is -0.358. The largest absolute Gasteiger partial charge is 0.478 e. The Morgan fingerprint density at radius 1 is 1.24 bits per heavy atom. The highest BCUT2D eigenvalue weighted by Gasteiger charge is 2.17. The second-order valence-electron chi connectivity index (χ2n) is 3.69. The van der Waals surface area contributed by atoms with E-state index in [9.17, 15) is 14.4 Å². The lowest BCUT2D eigenvalue weighted by Crippen LogP contribution is -2.17. The number of hydrogen-bond donors (Lipinski definition) is 2. The lowest BCUT2D eigenvalue weighted by atomic mass is 10.1. The van der Waals surface area contributed by atoms with Crippen molar-refractivity contribution in [2.24, 2.45) is 0 Å². The zero-order valence-corrected chi connectivity index (χ0v) is 11.9. The highest BCUT2D eigenvalue weighted by molar-refractivity contribution is 6.31. The SMILES string of the molecule is COC(=O)/C=C(\Nc1ccc(Cl)cc1C(=O)O)C(=O)OC. The standard InChI is InChI=1S/C13H12ClNO6/c1-20-11(16)6-10(13(19)21-2)15-9-4-3-7(14)5-8(9)12(17)18/h3-6,15H,1-2H3,(H,17,18)/b10-6-. The summed E-state index contributed by atoms with van der Waals surface area (Å²) >= 11 is 5.72. The highest BCUT2D eigenvalue weighted by atomic mass is 35.5. The van der Waals surface area contributed by atoms with E-state index in [1.807, 2.05) is 0 Å². The minimum Gasteiger partial charge on any atom is -0.478 e. The van der Waals surface area contributed by atoms with Gasteiger partial charge in [0.1, 0.15) is 5.70 Å². The van der Waals surface area contributed by atoms with Crippen LogP contribution in [0.25, 0.3) is 0 Å². The normalized spacial score (nSPS) is 10.7. The minimum atomic E-state index is -1.25. The van der Waals surface area contributed by atoms with Crippen molar-refractivity contribution in [3.63, 3.8) is 0 Å². The Hall–Kier alpha value is -2.54. The molecule has 0 aliphatic rings. The Morgan fingerprint density at radius 3 is 2.43 bits per heavy atom. The lowest BCUT2D eigenvalue weighted by Gasteiger charge is -2.11. The fourth-order valence-electron chi connectivity index (χ4n) is 1.38. The summed E-state index contributed by atoms with van der Waals surface area (Å²) in [5.74, 6) is -2.90. The van der Waals surface area contributed by atoms with Gasteiger partial charge in [0.2, 0.25) is 0 Å². The van der Waals surface area contributed by atoms with E-state index in [1.165, 1.54) is 18.2 Å². The van der Waals surface area contributed by atoms with Crippen molar-refractivity contribution in [1.29, 1.82) is 0 Å². The van der Waals surface area contributed by atoms with Crippen LogP contribution < -0.4 is 5.32 Å². The molecule has 0 atom stereocenters. The first-order valence-corrected chi connectivity index (χ1v) is 5.94. The van der Waals surface area contributed by atoms with Crippen molar-refractivity contribution in [2.75, 3.05) is 19.5 Å². The Labute approximate surface area is 125 Å². The van der Waals surface area contributed by atoms with Gasteiger partial charge in [0.05, 0.1) is 31.5 Å². The molecule has 0 aliphatic heterocycles. The highest BCUT2D eigenvalue weighted by Crippen LogP contribution is 2.22. The van der Waals surface area contributed by atoms with Gasteiger partial charge in [0.25, 0.3) is 0 Å². The minimum absolute atomic E-state index is 0.0763. The molecule has 0 saturated heterocycles. The molecule has 112 valence electrons. The van der Waals surface area contributed by atoms with E-state index in [0.717, 1.165) is 20.3 Å². The van der Waals surface area contributed by atoms with Gasteiger partial charge in [-0.3, -0.25) is 0 Å². The molecule has 0 heterocycles. The summed E-state index contributed by atoms with van der Waals surface area (Å²) < 4.78 is 8.91. The molecule has 1 aromatic rings. The maximum Gasteiger partial charge on any atom is 0.354 e. The van der Waals surface area contributed by atoms with Crippen molar-refractivity contribution in [3.8, 4) is 0 Å². The molecular formula is C13H12ClNO6. The summed E-state index contributed by atoms with van der Waals surface area (Å²) in [6.45, 7) is 0. The number of rotatable bonds is 5. The number of nitrogens with one attached hydrogen (secondary N) is 1. The average molecular weight is 314 g/mol. The van der Waals surface area contributed by atoms with Crippen LogP contribution in [0.5, 0.6) is 0 Å². The van der Waals surface area contributed by atoms with Crippen LogP contribution in [0.2, 0.25) is 5.02 Å². The van der Waals surface area contributed by atoms with E-state index in [2.05, 4.69) is 14.8 Å². The maximum atomic E-state index is 11.6. The fraction of sp³-hybridized carbons (Fsp3) is 0.154. The van der Waals surface area contributed by atoms with Crippen LogP contribution >= 0.6 is 11.6 Å². The van der Waals surface area contributed by atoms with Gasteiger partial charge in [-0.25, -0.2) is 14.4 Å². The zero-order chi connectivity index (χ0) is 16.0. The number of carbonyl (C=O) groups is 3. The van der Waals surface area contributed by atoms with Crippen molar-refractivity contribution in [3.05, 3.63) is 40.6 Å². The lowest BCUT2D eigenvalue weighted by molar-refractivity contribution is -0.138. The van der Waals surface area contributed by atoms with Gasteiger partial charge < -0.3 is 19.9 Å². The number of hydrogen-bond acceptors (Lipinski definition) is 6. The molecule has 0 bridgehead atoms. The molecular weight excluding hydrogens is 302 g/mol. The van der Waals surface area contributed by atoms with Crippen molar-refractivity contribution in [2.45, 2.75) is 0 Å². The number of carboxylic acids is 1. The summed E-state index contributed by atoms with van der Waals surface area (Å²) in [5, 5.41) is 11.8. The number of anilines is 1. The maximum absolute atomic E-state index is 11.6. The molecule has 8 heteroatoms. The monoisotopic (exact) mass is 313 g/mol. The number of carboxylic acid groups (broad SMARTS) is 1. The van der Waals surface area contributed by atoms with Crippen LogP contribution in [0.4, 0.5) is 5.69 Å². The predicted molar refractivity (Wildman–Crippen MR) is 74.1 cm³/mol. The number of carbonyl (C=O) groups excluding carboxylic acids is 2. The quantitative estimate of drug-likeness (QED) is 0.629. The first-order chi connectivity index (χ1) is 9.88. The van der Waals surface area contributed by atoms with Gasteiger partial charge in [-0.1, -0.05) is 11.6 Å². The molecule has 7 nitrogen and oxygen atoms in total. The van der Waals surface area contributed by atoms with Gasteiger partial charge in [-0.15, -0.1) is 0 Å².